The molecule has 1 saturated carbocycles. The van der Waals surface area contributed by atoms with E-state index in [2.05, 4.69) is 27.1 Å². The van der Waals surface area contributed by atoms with Crippen molar-refractivity contribution in [3.63, 3.8) is 0 Å². The lowest BCUT2D eigenvalue weighted by Crippen LogP contribution is -2.46. The lowest BCUT2D eigenvalue weighted by molar-refractivity contribution is 0.195. The van der Waals surface area contributed by atoms with Gasteiger partial charge in [-0.05, 0) is 38.9 Å². The summed E-state index contributed by atoms with van der Waals surface area (Å²) in [6, 6.07) is 0.487. The molecule has 1 heterocycles. The number of hydrogen-bond acceptors (Lipinski definition) is 5. The van der Waals surface area contributed by atoms with Gasteiger partial charge in [0.15, 0.2) is 11.8 Å². The fraction of sp³-hybridized carbons (Fsp3) is 0.824. The molecule has 0 spiro atoms. The minimum Gasteiger partial charge on any atom is -0.385 e. The van der Waals surface area contributed by atoms with Crippen LogP contribution in [0.1, 0.15) is 43.8 Å². The maximum absolute atomic E-state index is 5.13. The molecule has 0 aliphatic heterocycles. The topological polar surface area (TPSA) is 76.4 Å². The van der Waals surface area contributed by atoms with Gasteiger partial charge in [-0.25, -0.2) is 4.99 Å². The number of nitrogens with one attached hydrogen (secondary N) is 2. The van der Waals surface area contributed by atoms with Crippen LogP contribution in [0, 0.1) is 6.92 Å². The SMILES string of the molecule is COCCCNC(=NCc1nnc(C)n1C)NC1CCCC(SC)C1. The van der Waals surface area contributed by atoms with E-state index in [1.807, 2.05) is 30.3 Å². The first kappa shape index (κ1) is 20.0. The van der Waals surface area contributed by atoms with Gasteiger partial charge in [-0.2, -0.15) is 11.8 Å². The lowest BCUT2D eigenvalue weighted by Gasteiger charge is -2.30. The van der Waals surface area contributed by atoms with Gasteiger partial charge in [0.05, 0.1) is 0 Å². The number of rotatable bonds is 8. The minimum atomic E-state index is 0.487. The number of hydrogen-bond donors (Lipinski definition) is 2. The average Bonchev–Trinajstić information content (AvgIpc) is 2.95. The minimum absolute atomic E-state index is 0.487. The molecule has 142 valence electrons. The van der Waals surface area contributed by atoms with Gasteiger partial charge in [0.1, 0.15) is 12.4 Å². The molecule has 2 unspecified atom stereocenters. The van der Waals surface area contributed by atoms with E-state index in [9.17, 15) is 0 Å². The third-order valence-electron chi connectivity index (χ3n) is 4.68. The maximum Gasteiger partial charge on any atom is 0.191 e. The van der Waals surface area contributed by atoms with Crippen molar-refractivity contribution in [2.75, 3.05) is 26.5 Å². The molecule has 1 aliphatic carbocycles. The Morgan fingerprint density at radius 1 is 1.40 bits per heavy atom. The van der Waals surface area contributed by atoms with Crippen LogP contribution in [0.5, 0.6) is 0 Å². The second kappa shape index (κ2) is 10.7. The lowest BCUT2D eigenvalue weighted by atomic mass is 9.95. The first-order chi connectivity index (χ1) is 12.1. The molecule has 0 saturated heterocycles. The van der Waals surface area contributed by atoms with Crippen molar-refractivity contribution in [3.8, 4) is 0 Å². The number of methoxy groups -OCH3 is 1. The molecule has 0 radical (unpaired) electrons. The van der Waals surface area contributed by atoms with Crippen LogP contribution >= 0.6 is 11.8 Å². The van der Waals surface area contributed by atoms with Crippen molar-refractivity contribution in [3.05, 3.63) is 11.6 Å². The Hall–Kier alpha value is -1.28. The highest BCUT2D eigenvalue weighted by Crippen LogP contribution is 2.26. The van der Waals surface area contributed by atoms with Crippen molar-refractivity contribution in [1.82, 2.24) is 25.4 Å². The summed E-state index contributed by atoms with van der Waals surface area (Å²) in [6.45, 7) is 4.07. The largest absolute Gasteiger partial charge is 0.385 e. The second-order valence-electron chi connectivity index (χ2n) is 6.53. The van der Waals surface area contributed by atoms with Crippen LogP contribution in [0.3, 0.4) is 0 Å². The molecule has 1 aromatic rings. The van der Waals surface area contributed by atoms with Gasteiger partial charge in [-0.3, -0.25) is 0 Å². The molecule has 1 aliphatic rings. The van der Waals surface area contributed by atoms with E-state index in [1.54, 1.807) is 7.11 Å². The Labute approximate surface area is 155 Å². The van der Waals surface area contributed by atoms with Gasteiger partial charge >= 0.3 is 0 Å². The standard InChI is InChI=1S/C17H32N6OS/c1-13-21-22-16(23(13)2)12-19-17(18-9-6-10-24-3)20-14-7-5-8-15(11-14)25-4/h14-15H,5-12H2,1-4H3,(H2,18,19,20). The maximum atomic E-state index is 5.13. The summed E-state index contributed by atoms with van der Waals surface area (Å²) in [7, 11) is 3.71. The zero-order valence-electron chi connectivity index (χ0n) is 15.9. The van der Waals surface area contributed by atoms with Crippen molar-refractivity contribution in [1.29, 1.82) is 0 Å². The quantitative estimate of drug-likeness (QED) is 0.414. The van der Waals surface area contributed by atoms with Gasteiger partial charge in [0.2, 0.25) is 0 Å². The van der Waals surface area contributed by atoms with Crippen LogP contribution in [-0.2, 0) is 18.3 Å². The third-order valence-corrected chi connectivity index (χ3v) is 5.77. The van der Waals surface area contributed by atoms with Gasteiger partial charge in [-0.1, -0.05) is 6.42 Å². The Kier molecular flexibility index (Phi) is 8.54. The van der Waals surface area contributed by atoms with Crippen molar-refractivity contribution < 1.29 is 4.74 Å². The Balaban J connectivity index is 1.96. The van der Waals surface area contributed by atoms with Crippen LogP contribution in [0.25, 0.3) is 0 Å². The predicted octanol–water partition coefficient (Wildman–Crippen LogP) is 1.87. The normalized spacial score (nSPS) is 21.4. The van der Waals surface area contributed by atoms with E-state index >= 15 is 0 Å². The van der Waals surface area contributed by atoms with E-state index in [0.717, 1.165) is 42.4 Å². The Morgan fingerprint density at radius 2 is 2.24 bits per heavy atom. The number of aliphatic imine (C=N–C) groups is 1. The van der Waals surface area contributed by atoms with Crippen LogP contribution in [0.2, 0.25) is 0 Å². The highest BCUT2D eigenvalue weighted by molar-refractivity contribution is 7.99. The number of nitrogens with zero attached hydrogens (tertiary/aromatic N) is 4. The summed E-state index contributed by atoms with van der Waals surface area (Å²) in [5.41, 5.74) is 0. The summed E-state index contributed by atoms with van der Waals surface area (Å²) >= 11 is 1.98. The van der Waals surface area contributed by atoms with Crippen LogP contribution in [0.15, 0.2) is 4.99 Å². The number of ether oxygens (including phenoxy) is 1. The van der Waals surface area contributed by atoms with Crippen LogP contribution in [-0.4, -0.2) is 58.5 Å². The zero-order valence-corrected chi connectivity index (χ0v) is 16.7. The molecule has 1 aromatic heterocycles. The van der Waals surface area contributed by atoms with Crippen molar-refractivity contribution in [2.24, 2.45) is 12.0 Å². The highest BCUT2D eigenvalue weighted by atomic mass is 32.2. The molecule has 2 atom stereocenters. The summed E-state index contributed by atoms with van der Waals surface area (Å²) in [5.74, 6) is 2.65. The predicted molar refractivity (Wildman–Crippen MR) is 104 cm³/mol. The van der Waals surface area contributed by atoms with E-state index in [-0.39, 0.29) is 0 Å². The molecule has 7 nitrogen and oxygen atoms in total. The summed E-state index contributed by atoms with van der Waals surface area (Å²) in [4.78, 5) is 4.73. The molecule has 0 aromatic carbocycles. The molecule has 1 fully saturated rings. The van der Waals surface area contributed by atoms with E-state index < -0.39 is 0 Å². The first-order valence-electron chi connectivity index (χ1n) is 9.05. The summed E-state index contributed by atoms with van der Waals surface area (Å²) in [6.07, 6.45) is 8.18. The Morgan fingerprint density at radius 3 is 2.92 bits per heavy atom. The number of aromatic nitrogens is 3. The van der Waals surface area contributed by atoms with Crippen molar-refractivity contribution >= 4 is 17.7 Å². The van der Waals surface area contributed by atoms with Crippen LogP contribution in [0.4, 0.5) is 0 Å². The summed E-state index contributed by atoms with van der Waals surface area (Å²) in [5, 5.41) is 16.1. The number of aryl methyl sites for hydroxylation is 1. The first-order valence-corrected chi connectivity index (χ1v) is 10.3. The fourth-order valence-corrected chi connectivity index (χ4v) is 3.82. The number of guanidine groups is 1. The zero-order chi connectivity index (χ0) is 18.1. The van der Waals surface area contributed by atoms with E-state index in [1.165, 1.54) is 25.7 Å². The molecule has 2 N–H and O–H groups in total. The summed E-state index contributed by atoms with van der Waals surface area (Å²) < 4.78 is 7.11. The van der Waals surface area contributed by atoms with Crippen LogP contribution < -0.4 is 10.6 Å². The van der Waals surface area contributed by atoms with Gasteiger partial charge in [0, 0.05) is 38.6 Å². The van der Waals surface area contributed by atoms with E-state index in [4.69, 9.17) is 9.73 Å². The molecule has 0 bridgehead atoms. The molecule has 25 heavy (non-hydrogen) atoms. The molecular formula is C17H32N6OS. The van der Waals surface area contributed by atoms with E-state index in [0.29, 0.717) is 12.6 Å². The average molecular weight is 369 g/mol. The molecule has 8 heteroatoms. The third kappa shape index (κ3) is 6.51. The highest BCUT2D eigenvalue weighted by Gasteiger charge is 2.22. The smallest absolute Gasteiger partial charge is 0.191 e. The van der Waals surface area contributed by atoms with Gasteiger partial charge in [-0.15, -0.1) is 10.2 Å². The molecule has 2 rings (SSSR count). The van der Waals surface area contributed by atoms with Crippen molar-refractivity contribution in [2.45, 2.75) is 56.9 Å². The molecule has 0 amide bonds. The Bertz CT molecular complexity index is 547. The molecular weight excluding hydrogens is 336 g/mol. The number of thioether (sulfide) groups is 1. The monoisotopic (exact) mass is 368 g/mol. The van der Waals surface area contributed by atoms with Gasteiger partial charge in [0.25, 0.3) is 0 Å². The fourth-order valence-electron chi connectivity index (χ4n) is 3.00. The second-order valence-corrected chi connectivity index (χ2v) is 7.66. The van der Waals surface area contributed by atoms with Gasteiger partial charge < -0.3 is 19.9 Å².